The maximum atomic E-state index is 11.6. The molecule has 0 radical (unpaired) electrons. The molecule has 0 bridgehead atoms. The molecule has 1 amide bonds. The summed E-state index contributed by atoms with van der Waals surface area (Å²) in [5.74, 6) is -1.65. The molecule has 4 N–H and O–H groups in total. The first-order valence-corrected chi connectivity index (χ1v) is 5.68. The summed E-state index contributed by atoms with van der Waals surface area (Å²) < 4.78 is 0. The molecule has 0 aromatic heterocycles. The Balaban J connectivity index is 4.28. The SMILES string of the molecule is CCCCC(NC(=O)C(C)C(C)N)C(=O)O. The van der Waals surface area contributed by atoms with Crippen molar-refractivity contribution in [1.82, 2.24) is 5.32 Å². The van der Waals surface area contributed by atoms with Crippen LogP contribution in [0.5, 0.6) is 0 Å². The van der Waals surface area contributed by atoms with E-state index in [2.05, 4.69) is 5.32 Å². The molecule has 16 heavy (non-hydrogen) atoms. The molecule has 0 rings (SSSR count). The van der Waals surface area contributed by atoms with Gasteiger partial charge in [0.1, 0.15) is 6.04 Å². The molecule has 0 saturated carbocycles. The predicted molar refractivity (Wildman–Crippen MR) is 61.9 cm³/mol. The fourth-order valence-electron chi connectivity index (χ4n) is 1.21. The van der Waals surface area contributed by atoms with Crippen LogP contribution in [-0.2, 0) is 9.59 Å². The Morgan fingerprint density at radius 3 is 2.31 bits per heavy atom. The lowest BCUT2D eigenvalue weighted by Gasteiger charge is -2.19. The van der Waals surface area contributed by atoms with Crippen LogP contribution in [-0.4, -0.2) is 29.1 Å². The molecule has 0 aliphatic heterocycles. The first-order valence-electron chi connectivity index (χ1n) is 5.68. The number of aliphatic carboxylic acids is 1. The van der Waals surface area contributed by atoms with Crippen molar-refractivity contribution in [3.05, 3.63) is 0 Å². The zero-order valence-corrected chi connectivity index (χ0v) is 10.2. The number of carbonyl (C=O) groups excluding carboxylic acids is 1. The number of hydrogen-bond acceptors (Lipinski definition) is 3. The van der Waals surface area contributed by atoms with E-state index in [1.807, 2.05) is 6.92 Å². The van der Waals surface area contributed by atoms with Crippen molar-refractivity contribution in [3.8, 4) is 0 Å². The number of unbranched alkanes of at least 4 members (excludes halogenated alkanes) is 1. The van der Waals surface area contributed by atoms with Gasteiger partial charge in [0.25, 0.3) is 0 Å². The van der Waals surface area contributed by atoms with Crippen molar-refractivity contribution in [1.29, 1.82) is 0 Å². The lowest BCUT2D eigenvalue weighted by atomic mass is 10.0. The van der Waals surface area contributed by atoms with Gasteiger partial charge < -0.3 is 16.2 Å². The maximum Gasteiger partial charge on any atom is 0.326 e. The summed E-state index contributed by atoms with van der Waals surface area (Å²) in [6.07, 6.45) is 2.15. The Bertz CT molecular complexity index is 241. The van der Waals surface area contributed by atoms with E-state index in [0.29, 0.717) is 6.42 Å². The molecule has 0 aromatic carbocycles. The summed E-state index contributed by atoms with van der Waals surface area (Å²) in [5, 5.41) is 11.4. The summed E-state index contributed by atoms with van der Waals surface area (Å²) in [7, 11) is 0. The van der Waals surface area contributed by atoms with Crippen LogP contribution in [0.3, 0.4) is 0 Å². The van der Waals surface area contributed by atoms with Gasteiger partial charge in [-0.25, -0.2) is 4.79 Å². The lowest BCUT2D eigenvalue weighted by molar-refractivity contribution is -0.142. The molecule has 0 aliphatic carbocycles. The fourth-order valence-corrected chi connectivity index (χ4v) is 1.21. The van der Waals surface area contributed by atoms with Crippen LogP contribution >= 0.6 is 0 Å². The zero-order valence-electron chi connectivity index (χ0n) is 10.2. The molecule has 0 spiro atoms. The Kier molecular flexibility index (Phi) is 6.72. The highest BCUT2D eigenvalue weighted by Crippen LogP contribution is 2.05. The minimum Gasteiger partial charge on any atom is -0.480 e. The number of rotatable bonds is 7. The molecular formula is C11H22N2O3. The summed E-state index contributed by atoms with van der Waals surface area (Å²) in [6.45, 7) is 5.40. The van der Waals surface area contributed by atoms with Crippen LogP contribution in [0, 0.1) is 5.92 Å². The second kappa shape index (κ2) is 7.22. The van der Waals surface area contributed by atoms with Gasteiger partial charge in [-0.3, -0.25) is 4.79 Å². The van der Waals surface area contributed by atoms with E-state index in [4.69, 9.17) is 10.8 Å². The Labute approximate surface area is 96.4 Å². The third kappa shape index (κ3) is 5.11. The molecule has 94 valence electrons. The van der Waals surface area contributed by atoms with Gasteiger partial charge in [-0.1, -0.05) is 26.7 Å². The highest BCUT2D eigenvalue weighted by Gasteiger charge is 2.23. The molecule has 3 unspecified atom stereocenters. The average Bonchev–Trinajstić information content (AvgIpc) is 2.21. The van der Waals surface area contributed by atoms with Crippen molar-refractivity contribution in [3.63, 3.8) is 0 Å². The van der Waals surface area contributed by atoms with E-state index < -0.39 is 12.0 Å². The Morgan fingerprint density at radius 2 is 1.94 bits per heavy atom. The van der Waals surface area contributed by atoms with Crippen molar-refractivity contribution in [2.75, 3.05) is 0 Å². The molecule has 5 heteroatoms. The monoisotopic (exact) mass is 230 g/mol. The van der Waals surface area contributed by atoms with Gasteiger partial charge in [0, 0.05) is 12.0 Å². The normalized spacial score (nSPS) is 16.2. The van der Waals surface area contributed by atoms with Gasteiger partial charge in [-0.2, -0.15) is 0 Å². The minimum atomic E-state index is -0.987. The molecule has 0 heterocycles. The third-order valence-electron chi connectivity index (χ3n) is 2.66. The highest BCUT2D eigenvalue weighted by atomic mass is 16.4. The van der Waals surface area contributed by atoms with Crippen LogP contribution < -0.4 is 11.1 Å². The number of nitrogens with one attached hydrogen (secondary N) is 1. The smallest absolute Gasteiger partial charge is 0.326 e. The van der Waals surface area contributed by atoms with Gasteiger partial charge in [0.05, 0.1) is 0 Å². The Hall–Kier alpha value is -1.10. The van der Waals surface area contributed by atoms with Crippen LogP contribution in [0.15, 0.2) is 0 Å². The largest absolute Gasteiger partial charge is 0.480 e. The first kappa shape index (κ1) is 14.9. The molecule has 3 atom stereocenters. The van der Waals surface area contributed by atoms with Gasteiger partial charge in [0.15, 0.2) is 0 Å². The quantitative estimate of drug-likeness (QED) is 0.601. The van der Waals surface area contributed by atoms with Crippen molar-refractivity contribution < 1.29 is 14.7 Å². The Morgan fingerprint density at radius 1 is 1.38 bits per heavy atom. The number of carbonyl (C=O) groups is 2. The zero-order chi connectivity index (χ0) is 12.7. The van der Waals surface area contributed by atoms with Crippen LogP contribution in [0.25, 0.3) is 0 Å². The van der Waals surface area contributed by atoms with E-state index in [-0.39, 0.29) is 17.9 Å². The second-order valence-electron chi connectivity index (χ2n) is 4.19. The molecule has 5 nitrogen and oxygen atoms in total. The summed E-state index contributed by atoms with van der Waals surface area (Å²) in [5.41, 5.74) is 5.58. The second-order valence-corrected chi connectivity index (χ2v) is 4.19. The fraction of sp³-hybridized carbons (Fsp3) is 0.818. The summed E-state index contributed by atoms with van der Waals surface area (Å²) in [6, 6.07) is -1.07. The van der Waals surface area contributed by atoms with Gasteiger partial charge >= 0.3 is 5.97 Å². The highest BCUT2D eigenvalue weighted by molar-refractivity contribution is 5.85. The molecule has 0 fully saturated rings. The standard InChI is InChI=1S/C11H22N2O3/c1-4-5-6-9(11(15)16)13-10(14)7(2)8(3)12/h7-9H,4-6,12H2,1-3H3,(H,13,14)(H,15,16). The molecular weight excluding hydrogens is 208 g/mol. The number of nitrogens with two attached hydrogens (primary N) is 1. The van der Waals surface area contributed by atoms with Crippen LogP contribution in [0.2, 0.25) is 0 Å². The van der Waals surface area contributed by atoms with E-state index in [1.165, 1.54) is 0 Å². The van der Waals surface area contributed by atoms with Gasteiger partial charge in [0.2, 0.25) is 5.91 Å². The number of carboxylic acids is 1. The van der Waals surface area contributed by atoms with E-state index in [1.54, 1.807) is 13.8 Å². The van der Waals surface area contributed by atoms with Crippen LogP contribution in [0.4, 0.5) is 0 Å². The third-order valence-corrected chi connectivity index (χ3v) is 2.66. The molecule has 0 aromatic rings. The summed E-state index contributed by atoms with van der Waals surface area (Å²) >= 11 is 0. The van der Waals surface area contributed by atoms with E-state index >= 15 is 0 Å². The van der Waals surface area contributed by atoms with Crippen molar-refractivity contribution >= 4 is 11.9 Å². The maximum absolute atomic E-state index is 11.6. The average molecular weight is 230 g/mol. The van der Waals surface area contributed by atoms with E-state index in [9.17, 15) is 9.59 Å². The minimum absolute atomic E-state index is 0.277. The summed E-state index contributed by atoms with van der Waals surface area (Å²) in [4.78, 5) is 22.5. The van der Waals surface area contributed by atoms with E-state index in [0.717, 1.165) is 12.8 Å². The molecule has 0 saturated heterocycles. The van der Waals surface area contributed by atoms with Crippen LogP contribution in [0.1, 0.15) is 40.0 Å². The molecule has 0 aliphatic rings. The van der Waals surface area contributed by atoms with Gasteiger partial charge in [-0.05, 0) is 13.3 Å². The van der Waals surface area contributed by atoms with Crippen molar-refractivity contribution in [2.24, 2.45) is 11.7 Å². The lowest BCUT2D eigenvalue weighted by Crippen LogP contribution is -2.46. The number of carboxylic acid groups (broad SMARTS) is 1. The number of amides is 1. The first-order chi connectivity index (χ1) is 7.40. The predicted octanol–water partition coefficient (Wildman–Crippen LogP) is 0.729. The van der Waals surface area contributed by atoms with Gasteiger partial charge in [-0.15, -0.1) is 0 Å². The topological polar surface area (TPSA) is 92.4 Å². The number of hydrogen-bond donors (Lipinski definition) is 3. The van der Waals surface area contributed by atoms with Crippen molar-refractivity contribution in [2.45, 2.75) is 52.1 Å².